The molecule has 28 heavy (non-hydrogen) atoms. The maximum Gasteiger partial charge on any atom is 0.471 e. The van der Waals surface area contributed by atoms with Crippen LogP contribution in [0.2, 0.25) is 0 Å². The van der Waals surface area contributed by atoms with Gasteiger partial charge < -0.3 is 0 Å². The molecule has 0 aromatic heterocycles. The summed E-state index contributed by atoms with van der Waals surface area (Å²) in [6, 6.07) is 7.30. The van der Waals surface area contributed by atoms with E-state index in [0.717, 1.165) is 11.3 Å². The SMILES string of the molecule is O=C1[C@@H]2[C@@H]3C=C[C@H]([C@H]4C[C@@H]34)[C@@H]2C(=O)N1CN(C(=O)C(F)(F)F)c1ccccc1. The van der Waals surface area contributed by atoms with Crippen LogP contribution in [0.1, 0.15) is 6.42 Å². The first-order chi connectivity index (χ1) is 13.3. The minimum absolute atomic E-state index is 0.00996. The largest absolute Gasteiger partial charge is 0.471 e. The molecule has 1 aliphatic heterocycles. The third-order valence-electron chi connectivity index (χ3n) is 6.59. The predicted molar refractivity (Wildman–Crippen MR) is 91.4 cm³/mol. The van der Waals surface area contributed by atoms with Crippen LogP contribution in [0.5, 0.6) is 0 Å². The van der Waals surface area contributed by atoms with E-state index >= 15 is 0 Å². The lowest BCUT2D eigenvalue weighted by Gasteiger charge is -2.37. The smallest absolute Gasteiger partial charge is 0.286 e. The molecule has 146 valence electrons. The molecule has 1 saturated heterocycles. The Labute approximate surface area is 158 Å². The first-order valence-electron chi connectivity index (χ1n) is 9.26. The van der Waals surface area contributed by atoms with Crippen molar-refractivity contribution in [3.63, 3.8) is 0 Å². The molecule has 6 rings (SSSR count). The number of allylic oxidation sites excluding steroid dienone is 2. The van der Waals surface area contributed by atoms with Gasteiger partial charge in [-0.05, 0) is 42.2 Å². The number of imide groups is 1. The Morgan fingerprint density at radius 3 is 2.04 bits per heavy atom. The normalized spacial score (nSPS) is 35.0. The van der Waals surface area contributed by atoms with E-state index in [1.54, 1.807) is 6.07 Å². The Hall–Kier alpha value is -2.64. The van der Waals surface area contributed by atoms with Gasteiger partial charge >= 0.3 is 12.1 Å². The van der Waals surface area contributed by atoms with Gasteiger partial charge in [0.15, 0.2) is 0 Å². The summed E-state index contributed by atoms with van der Waals surface area (Å²) >= 11 is 0. The van der Waals surface area contributed by atoms with Crippen LogP contribution in [0.25, 0.3) is 0 Å². The molecular formula is C20H17F3N2O3. The molecule has 0 unspecified atom stereocenters. The second-order valence-electron chi connectivity index (χ2n) is 7.97. The lowest BCUT2D eigenvalue weighted by molar-refractivity contribution is -0.171. The molecule has 6 atom stereocenters. The van der Waals surface area contributed by atoms with E-state index < -0.39 is 42.4 Å². The van der Waals surface area contributed by atoms with Gasteiger partial charge in [-0.15, -0.1) is 0 Å². The number of anilines is 1. The molecule has 2 saturated carbocycles. The van der Waals surface area contributed by atoms with Crippen LogP contribution < -0.4 is 4.90 Å². The first-order valence-corrected chi connectivity index (χ1v) is 9.26. The minimum atomic E-state index is -5.11. The average Bonchev–Trinajstić information content (AvgIpc) is 3.45. The molecule has 1 heterocycles. The zero-order chi connectivity index (χ0) is 19.8. The van der Waals surface area contributed by atoms with Gasteiger partial charge in [-0.3, -0.25) is 24.2 Å². The molecule has 0 radical (unpaired) electrons. The van der Waals surface area contributed by atoms with Crippen LogP contribution in [0.15, 0.2) is 42.5 Å². The van der Waals surface area contributed by atoms with Gasteiger partial charge in [0.05, 0.1) is 11.8 Å². The van der Waals surface area contributed by atoms with Crippen LogP contribution in [-0.4, -0.2) is 35.5 Å². The van der Waals surface area contributed by atoms with E-state index in [9.17, 15) is 27.6 Å². The van der Waals surface area contributed by atoms with Gasteiger partial charge in [0.25, 0.3) is 0 Å². The number of alkyl halides is 3. The predicted octanol–water partition coefficient (Wildman–Crippen LogP) is 2.59. The van der Waals surface area contributed by atoms with Gasteiger partial charge in [0, 0.05) is 5.69 Å². The number of carbonyl (C=O) groups is 3. The number of likely N-dealkylation sites (tertiary alicyclic amines) is 1. The van der Waals surface area contributed by atoms with Gasteiger partial charge in [-0.25, -0.2) is 0 Å². The van der Waals surface area contributed by atoms with E-state index in [2.05, 4.69) is 0 Å². The highest BCUT2D eigenvalue weighted by Crippen LogP contribution is 2.65. The zero-order valence-electron chi connectivity index (χ0n) is 14.7. The molecule has 5 nitrogen and oxygen atoms in total. The van der Waals surface area contributed by atoms with Crippen molar-refractivity contribution >= 4 is 23.4 Å². The molecule has 8 heteroatoms. The summed E-state index contributed by atoms with van der Waals surface area (Å²) < 4.78 is 39.5. The Morgan fingerprint density at radius 2 is 1.54 bits per heavy atom. The average molecular weight is 390 g/mol. The number of nitrogens with zero attached hydrogens (tertiary/aromatic N) is 2. The van der Waals surface area contributed by atoms with Crippen molar-refractivity contribution in [2.24, 2.45) is 35.5 Å². The summed E-state index contributed by atoms with van der Waals surface area (Å²) in [5.74, 6) is -3.29. The van der Waals surface area contributed by atoms with E-state index in [4.69, 9.17) is 0 Å². The number of hydrogen-bond acceptors (Lipinski definition) is 3. The highest BCUT2D eigenvalue weighted by molar-refractivity contribution is 6.07. The molecule has 4 aliphatic carbocycles. The lowest BCUT2D eigenvalue weighted by atomic mass is 9.63. The summed E-state index contributed by atoms with van der Waals surface area (Å²) in [7, 11) is 0. The van der Waals surface area contributed by atoms with Crippen molar-refractivity contribution in [2.75, 3.05) is 11.6 Å². The van der Waals surface area contributed by atoms with Crippen molar-refractivity contribution in [1.29, 1.82) is 0 Å². The number of para-hydroxylation sites is 1. The summed E-state index contributed by atoms with van der Waals surface area (Å²) in [5, 5.41) is 0. The van der Waals surface area contributed by atoms with Gasteiger partial charge in [-0.1, -0.05) is 30.4 Å². The number of benzene rings is 1. The number of carbonyl (C=O) groups excluding carboxylic acids is 3. The summed E-state index contributed by atoms with van der Waals surface area (Å²) in [4.78, 5) is 39.3. The number of hydrogen-bond donors (Lipinski definition) is 0. The molecule has 1 aromatic carbocycles. The molecule has 3 fully saturated rings. The second-order valence-corrected chi connectivity index (χ2v) is 7.97. The van der Waals surface area contributed by atoms with E-state index in [1.165, 1.54) is 24.3 Å². The van der Waals surface area contributed by atoms with Crippen molar-refractivity contribution in [3.05, 3.63) is 42.5 Å². The number of amides is 3. The zero-order valence-corrected chi connectivity index (χ0v) is 14.7. The monoisotopic (exact) mass is 390 g/mol. The van der Waals surface area contributed by atoms with Gasteiger partial charge in [0.1, 0.15) is 6.67 Å². The van der Waals surface area contributed by atoms with Crippen LogP contribution in [0.3, 0.4) is 0 Å². The summed E-state index contributed by atoms with van der Waals surface area (Å²) in [6.07, 6.45) is -0.135. The fourth-order valence-electron chi connectivity index (χ4n) is 5.32. The Bertz CT molecular complexity index is 862. The Balaban J connectivity index is 1.46. The second kappa shape index (κ2) is 5.68. The topological polar surface area (TPSA) is 57.7 Å². The standard InChI is InChI=1S/C20H17F3N2O3/c21-20(22,23)19(28)24(10-4-2-1-3-5-10)9-25-17(26)15-11-6-7-12(14-8-13(11)14)16(15)18(25)27/h1-7,11-16H,8-9H2/t11-,12-,13-,14+,15+,16-/m1/s1. The number of halogens is 3. The van der Waals surface area contributed by atoms with E-state index in [0.29, 0.717) is 16.7 Å². The quantitative estimate of drug-likeness (QED) is 0.589. The van der Waals surface area contributed by atoms with Crippen LogP contribution in [0, 0.1) is 35.5 Å². The van der Waals surface area contributed by atoms with Crippen LogP contribution >= 0.6 is 0 Å². The van der Waals surface area contributed by atoms with E-state index in [1.807, 2.05) is 12.2 Å². The number of rotatable bonds is 3. The van der Waals surface area contributed by atoms with Crippen molar-refractivity contribution in [3.8, 4) is 0 Å². The van der Waals surface area contributed by atoms with Crippen molar-refractivity contribution in [2.45, 2.75) is 12.6 Å². The lowest BCUT2D eigenvalue weighted by Crippen LogP contribution is -2.49. The fourth-order valence-corrected chi connectivity index (χ4v) is 5.32. The van der Waals surface area contributed by atoms with Gasteiger partial charge in [-0.2, -0.15) is 13.2 Å². The Kier molecular flexibility index (Phi) is 3.54. The molecule has 1 aromatic rings. The minimum Gasteiger partial charge on any atom is -0.286 e. The summed E-state index contributed by atoms with van der Waals surface area (Å²) in [6.45, 7) is -0.720. The van der Waals surface area contributed by atoms with Crippen molar-refractivity contribution < 1.29 is 27.6 Å². The molecule has 0 N–H and O–H groups in total. The third kappa shape index (κ3) is 2.36. The van der Waals surface area contributed by atoms with E-state index in [-0.39, 0.29) is 17.5 Å². The first kappa shape index (κ1) is 17.5. The molecule has 2 bridgehead atoms. The van der Waals surface area contributed by atoms with Crippen LogP contribution in [0.4, 0.5) is 18.9 Å². The molecule has 5 aliphatic rings. The van der Waals surface area contributed by atoms with Crippen molar-refractivity contribution in [1.82, 2.24) is 4.90 Å². The van der Waals surface area contributed by atoms with Gasteiger partial charge in [0.2, 0.25) is 11.8 Å². The fraction of sp³-hybridized carbons (Fsp3) is 0.450. The third-order valence-corrected chi connectivity index (χ3v) is 6.59. The molecule has 3 amide bonds. The molecule has 0 spiro atoms. The summed E-state index contributed by atoms with van der Waals surface area (Å²) in [5.41, 5.74) is -0.00996. The maximum atomic E-state index is 13.2. The van der Waals surface area contributed by atoms with Crippen LogP contribution in [-0.2, 0) is 14.4 Å². The molecular weight excluding hydrogens is 373 g/mol. The maximum absolute atomic E-state index is 13.2. The highest BCUT2D eigenvalue weighted by Gasteiger charge is 2.67. The highest BCUT2D eigenvalue weighted by atomic mass is 19.4. The Morgan fingerprint density at radius 1 is 1.00 bits per heavy atom.